The molecule has 1 unspecified atom stereocenters. The molecule has 0 amide bonds. The van der Waals surface area contributed by atoms with Crippen molar-refractivity contribution in [3.05, 3.63) is 62.4 Å². The van der Waals surface area contributed by atoms with Crippen molar-refractivity contribution < 1.29 is 9.90 Å². The number of aromatic nitrogens is 2. The van der Waals surface area contributed by atoms with E-state index in [-0.39, 0.29) is 12.5 Å². The summed E-state index contributed by atoms with van der Waals surface area (Å²) in [4.78, 5) is 11.2. The molecule has 2 heterocycles. The van der Waals surface area contributed by atoms with Crippen molar-refractivity contribution in [2.24, 2.45) is 0 Å². The van der Waals surface area contributed by atoms with Gasteiger partial charge in [0.1, 0.15) is 0 Å². The number of aliphatic carboxylic acids is 1. The van der Waals surface area contributed by atoms with Crippen molar-refractivity contribution in [1.29, 1.82) is 5.26 Å². The third-order valence-corrected chi connectivity index (χ3v) is 5.71. The molecule has 0 fully saturated rings. The maximum Gasteiger partial charge on any atom is 0.305 e. The molecule has 1 aromatic carbocycles. The van der Waals surface area contributed by atoms with Gasteiger partial charge in [-0.3, -0.25) is 9.89 Å². The van der Waals surface area contributed by atoms with E-state index in [2.05, 4.69) is 37.5 Å². The fraction of sp³-hybridized carbons (Fsp3) is 0.167. The van der Waals surface area contributed by atoms with Crippen LogP contribution in [0.15, 0.2) is 45.7 Å². The van der Waals surface area contributed by atoms with Crippen LogP contribution in [0.25, 0.3) is 11.3 Å². The quantitative estimate of drug-likeness (QED) is 0.523. The summed E-state index contributed by atoms with van der Waals surface area (Å²) in [7, 11) is 0. The predicted molar refractivity (Wildman–Crippen MR) is 103 cm³/mol. The average molecular weight is 431 g/mol. The molecule has 3 N–H and O–H groups in total. The number of nitrogens with zero attached hydrogens (tertiary/aromatic N) is 2. The first-order valence-electron chi connectivity index (χ1n) is 7.78. The minimum absolute atomic E-state index is 0.0145. The molecule has 0 spiro atoms. The number of hydrogen-bond acceptors (Lipinski definition) is 5. The second kappa shape index (κ2) is 8.27. The van der Waals surface area contributed by atoms with E-state index in [1.54, 1.807) is 18.3 Å². The summed E-state index contributed by atoms with van der Waals surface area (Å²) in [6, 6.07) is 9.02. The summed E-state index contributed by atoms with van der Waals surface area (Å²) in [5.41, 5.74) is 4.22. The molecule has 0 saturated carbocycles. The number of halogens is 1. The van der Waals surface area contributed by atoms with E-state index in [4.69, 9.17) is 5.26 Å². The number of H-pyrrole nitrogens is 1. The number of hydrogen-bond donors (Lipinski definition) is 3. The Morgan fingerprint density at radius 2 is 2.15 bits per heavy atom. The Bertz CT molecular complexity index is 943. The number of carboxylic acid groups (broad SMARTS) is 1. The lowest BCUT2D eigenvalue weighted by Gasteiger charge is -2.17. The second-order valence-electron chi connectivity index (χ2n) is 5.67. The third kappa shape index (κ3) is 4.19. The van der Waals surface area contributed by atoms with E-state index in [0.29, 0.717) is 12.1 Å². The number of aromatic amines is 1. The molecule has 0 radical (unpaired) electrons. The van der Waals surface area contributed by atoms with Crippen LogP contribution >= 0.6 is 27.3 Å². The molecule has 132 valence electrons. The molecule has 0 aliphatic rings. The summed E-state index contributed by atoms with van der Waals surface area (Å²) in [5, 5.41) is 32.4. The zero-order valence-electron chi connectivity index (χ0n) is 13.6. The number of benzene rings is 1. The highest BCUT2D eigenvalue weighted by Crippen LogP contribution is 2.30. The molecule has 0 bridgehead atoms. The van der Waals surface area contributed by atoms with Crippen molar-refractivity contribution >= 4 is 33.2 Å². The monoisotopic (exact) mass is 430 g/mol. The molecule has 0 aliphatic carbocycles. The molecule has 26 heavy (non-hydrogen) atoms. The van der Waals surface area contributed by atoms with Crippen LogP contribution in [0, 0.1) is 11.3 Å². The van der Waals surface area contributed by atoms with Gasteiger partial charge in [-0.2, -0.15) is 21.7 Å². The summed E-state index contributed by atoms with van der Waals surface area (Å²) >= 11 is 5.00. The van der Waals surface area contributed by atoms with Gasteiger partial charge in [0.15, 0.2) is 0 Å². The van der Waals surface area contributed by atoms with Crippen molar-refractivity contribution in [3.8, 4) is 17.3 Å². The fourth-order valence-electron chi connectivity index (χ4n) is 2.65. The van der Waals surface area contributed by atoms with Gasteiger partial charge in [-0.1, -0.05) is 12.1 Å². The van der Waals surface area contributed by atoms with E-state index >= 15 is 0 Å². The Labute approximate surface area is 162 Å². The van der Waals surface area contributed by atoms with Crippen LogP contribution in [0.2, 0.25) is 0 Å². The summed E-state index contributed by atoms with van der Waals surface area (Å²) in [5.74, 6) is -0.861. The first-order valence-corrected chi connectivity index (χ1v) is 9.51. The summed E-state index contributed by atoms with van der Waals surface area (Å²) < 4.78 is 0.903. The Balaban J connectivity index is 1.78. The zero-order chi connectivity index (χ0) is 18.5. The predicted octanol–water partition coefficient (Wildman–Crippen LogP) is 4.08. The molecule has 3 rings (SSSR count). The van der Waals surface area contributed by atoms with Gasteiger partial charge in [-0.25, -0.2) is 0 Å². The van der Waals surface area contributed by atoms with Gasteiger partial charge in [0.05, 0.1) is 29.9 Å². The maximum atomic E-state index is 11.2. The lowest BCUT2D eigenvalue weighted by Crippen LogP contribution is -2.23. The molecule has 1 atom stereocenters. The second-order valence-corrected chi connectivity index (χ2v) is 7.26. The van der Waals surface area contributed by atoms with E-state index in [9.17, 15) is 9.90 Å². The lowest BCUT2D eigenvalue weighted by atomic mass is 10.0. The van der Waals surface area contributed by atoms with Crippen LogP contribution in [-0.2, 0) is 11.3 Å². The SMILES string of the molecule is N#Cc1ccc(-c2[nH]ncc2CNC(CC(=O)O)c2cscc2Br)cc1. The molecule has 3 aromatic rings. The minimum atomic E-state index is -0.861. The highest BCUT2D eigenvalue weighted by atomic mass is 79.9. The fourth-order valence-corrected chi connectivity index (χ4v) is 4.27. The summed E-state index contributed by atoms with van der Waals surface area (Å²) in [6.07, 6.45) is 1.71. The third-order valence-electron chi connectivity index (χ3n) is 3.96. The highest BCUT2D eigenvalue weighted by Gasteiger charge is 2.19. The van der Waals surface area contributed by atoms with Gasteiger partial charge in [0, 0.05) is 28.0 Å². The van der Waals surface area contributed by atoms with E-state index in [1.807, 2.05) is 22.9 Å². The van der Waals surface area contributed by atoms with E-state index in [1.165, 1.54) is 11.3 Å². The first kappa shape index (κ1) is 18.3. The van der Waals surface area contributed by atoms with E-state index in [0.717, 1.165) is 26.9 Å². The lowest BCUT2D eigenvalue weighted by molar-refractivity contribution is -0.137. The molecule has 0 aliphatic heterocycles. The smallest absolute Gasteiger partial charge is 0.305 e. The molecule has 2 aromatic heterocycles. The van der Waals surface area contributed by atoms with Gasteiger partial charge in [0.2, 0.25) is 0 Å². The topological polar surface area (TPSA) is 102 Å². The van der Waals surface area contributed by atoms with Gasteiger partial charge < -0.3 is 10.4 Å². The van der Waals surface area contributed by atoms with Crippen LogP contribution in [0.1, 0.15) is 29.2 Å². The molecule has 6 nitrogen and oxygen atoms in total. The van der Waals surface area contributed by atoms with Crippen LogP contribution in [-0.4, -0.2) is 21.3 Å². The van der Waals surface area contributed by atoms with Gasteiger partial charge in [0.25, 0.3) is 0 Å². The van der Waals surface area contributed by atoms with Crippen LogP contribution in [0.4, 0.5) is 0 Å². The Morgan fingerprint density at radius 3 is 2.77 bits per heavy atom. The number of carbonyl (C=O) groups is 1. The van der Waals surface area contributed by atoms with Crippen molar-refractivity contribution in [3.63, 3.8) is 0 Å². The number of rotatable bonds is 7. The van der Waals surface area contributed by atoms with Crippen LogP contribution < -0.4 is 5.32 Å². The molecular weight excluding hydrogens is 416 g/mol. The Hall–Kier alpha value is -2.47. The van der Waals surface area contributed by atoms with Crippen molar-refractivity contribution in [1.82, 2.24) is 15.5 Å². The first-order chi connectivity index (χ1) is 12.6. The Kier molecular flexibility index (Phi) is 5.83. The largest absolute Gasteiger partial charge is 0.481 e. The normalized spacial score (nSPS) is 11.8. The molecule has 0 saturated heterocycles. The molecular formula is C18H15BrN4O2S. The summed E-state index contributed by atoms with van der Waals surface area (Å²) in [6.45, 7) is 0.464. The van der Waals surface area contributed by atoms with Gasteiger partial charge >= 0.3 is 5.97 Å². The van der Waals surface area contributed by atoms with Crippen molar-refractivity contribution in [2.75, 3.05) is 0 Å². The zero-order valence-corrected chi connectivity index (χ0v) is 16.0. The van der Waals surface area contributed by atoms with Crippen LogP contribution in [0.5, 0.6) is 0 Å². The number of nitriles is 1. The van der Waals surface area contributed by atoms with Gasteiger partial charge in [-0.05, 0) is 44.6 Å². The standard InChI is InChI=1S/C18H15BrN4O2S/c19-15-10-26-9-14(15)16(5-17(24)25)21-7-13-8-22-23-18(13)12-3-1-11(6-20)2-4-12/h1-4,8-10,16,21H,5,7H2,(H,22,23)(H,24,25). The van der Waals surface area contributed by atoms with Crippen molar-refractivity contribution in [2.45, 2.75) is 19.0 Å². The number of carboxylic acids is 1. The molecule has 8 heteroatoms. The Morgan fingerprint density at radius 1 is 1.38 bits per heavy atom. The van der Waals surface area contributed by atoms with Gasteiger partial charge in [-0.15, -0.1) is 0 Å². The highest BCUT2D eigenvalue weighted by molar-refractivity contribution is 9.10. The number of nitrogens with one attached hydrogen (secondary N) is 2. The minimum Gasteiger partial charge on any atom is -0.481 e. The number of thiophene rings is 1. The van der Waals surface area contributed by atoms with E-state index < -0.39 is 5.97 Å². The maximum absolute atomic E-state index is 11.2. The average Bonchev–Trinajstić information content (AvgIpc) is 3.27. The van der Waals surface area contributed by atoms with Crippen LogP contribution in [0.3, 0.4) is 0 Å².